The van der Waals surface area contributed by atoms with E-state index in [2.05, 4.69) is 47.5 Å². The Bertz CT molecular complexity index is 1790. The molecule has 0 saturated heterocycles. The third-order valence-electron chi connectivity index (χ3n) is 6.86. The Balaban J connectivity index is 1.58. The highest BCUT2D eigenvalue weighted by Gasteiger charge is 2.27. The lowest BCUT2D eigenvalue weighted by Gasteiger charge is -2.26. The van der Waals surface area contributed by atoms with E-state index in [0.717, 1.165) is 33.4 Å². The van der Waals surface area contributed by atoms with Gasteiger partial charge in [-0.2, -0.15) is 0 Å². The number of nitrogens with zero attached hydrogens (tertiary/aromatic N) is 2. The van der Waals surface area contributed by atoms with Gasteiger partial charge in [0.05, 0.1) is 28.2 Å². The topological polar surface area (TPSA) is 42.3 Å². The fraction of sp³-hybridized carbons (Fsp3) is 0.0625. The summed E-state index contributed by atoms with van der Waals surface area (Å²) in [5, 5.41) is 2.35. The van der Waals surface area contributed by atoms with Crippen LogP contribution >= 0.6 is 0 Å². The van der Waals surface area contributed by atoms with Gasteiger partial charge in [-0.1, -0.05) is 85.0 Å². The molecule has 4 aromatic carbocycles. The number of sulfonamides is 1. The van der Waals surface area contributed by atoms with Crippen molar-refractivity contribution in [3.05, 3.63) is 133 Å². The van der Waals surface area contributed by atoms with E-state index in [4.69, 9.17) is 0 Å². The van der Waals surface area contributed by atoms with Crippen molar-refractivity contribution >= 4 is 43.1 Å². The maximum atomic E-state index is 13.8. The summed E-state index contributed by atoms with van der Waals surface area (Å²) in [5.74, 6) is 0. The van der Waals surface area contributed by atoms with Gasteiger partial charge in [0, 0.05) is 22.0 Å². The van der Waals surface area contributed by atoms with Crippen molar-refractivity contribution in [3.8, 4) is 5.69 Å². The fourth-order valence-electron chi connectivity index (χ4n) is 5.00. The van der Waals surface area contributed by atoms with Crippen LogP contribution in [-0.2, 0) is 10.0 Å². The Morgan fingerprint density at radius 2 is 1.43 bits per heavy atom. The number of anilines is 1. The zero-order valence-corrected chi connectivity index (χ0v) is 21.3. The summed E-state index contributed by atoms with van der Waals surface area (Å²) >= 11 is 0. The molecule has 0 aliphatic carbocycles. The van der Waals surface area contributed by atoms with Gasteiger partial charge in [-0.05, 0) is 55.0 Å². The molecule has 2 heterocycles. The zero-order chi connectivity index (χ0) is 25.6. The molecule has 0 amide bonds. The Hall–Kier alpha value is -4.35. The van der Waals surface area contributed by atoms with Gasteiger partial charge in [-0.25, -0.2) is 8.42 Å². The summed E-state index contributed by atoms with van der Waals surface area (Å²) in [5.41, 5.74) is 6.27. The second-order valence-corrected chi connectivity index (χ2v) is 11.1. The van der Waals surface area contributed by atoms with Gasteiger partial charge in [-0.3, -0.25) is 4.31 Å². The lowest BCUT2D eigenvalue weighted by atomic mass is 10.0. The standard InChI is InChI=1S/C32H26N2O2S/c1-23-15-18-26(19-16-23)37(35,36)33-21-9-3-4-10-24(2)29-22-25(17-20-30(29)33)34-31-13-7-5-11-27(31)28-12-6-8-14-32(28)34/h3-20,22H,2,21H2,1H3/b9-3-,10-4-. The van der Waals surface area contributed by atoms with Crippen LogP contribution in [0.2, 0.25) is 0 Å². The maximum Gasteiger partial charge on any atom is 0.264 e. The first-order valence-electron chi connectivity index (χ1n) is 12.2. The van der Waals surface area contributed by atoms with Crippen LogP contribution in [0.5, 0.6) is 0 Å². The first-order valence-corrected chi connectivity index (χ1v) is 13.6. The molecule has 0 unspecified atom stereocenters. The Kier molecular flexibility index (Phi) is 5.58. The second-order valence-electron chi connectivity index (χ2n) is 9.23. The lowest BCUT2D eigenvalue weighted by Crippen LogP contribution is -2.32. The number of benzene rings is 4. The van der Waals surface area contributed by atoms with Gasteiger partial charge in [-0.15, -0.1) is 0 Å². The average Bonchev–Trinajstić information content (AvgIpc) is 3.28. The molecule has 0 radical (unpaired) electrons. The second kappa shape index (κ2) is 8.95. The number of para-hydroxylation sites is 2. The van der Waals surface area contributed by atoms with Crippen molar-refractivity contribution < 1.29 is 8.42 Å². The van der Waals surface area contributed by atoms with Crippen molar-refractivity contribution in [1.82, 2.24) is 4.57 Å². The van der Waals surface area contributed by atoms with Crippen LogP contribution in [0.25, 0.3) is 33.1 Å². The smallest absolute Gasteiger partial charge is 0.264 e. The minimum Gasteiger partial charge on any atom is -0.309 e. The molecular weight excluding hydrogens is 476 g/mol. The summed E-state index contributed by atoms with van der Waals surface area (Å²) in [6, 6.07) is 29.6. The fourth-order valence-corrected chi connectivity index (χ4v) is 6.43. The van der Waals surface area contributed by atoms with Crippen LogP contribution in [0, 0.1) is 6.92 Å². The predicted octanol–water partition coefficient (Wildman–Crippen LogP) is 7.43. The van der Waals surface area contributed by atoms with Crippen LogP contribution in [0.15, 0.2) is 127 Å². The highest BCUT2D eigenvalue weighted by atomic mass is 32.2. The van der Waals surface area contributed by atoms with Gasteiger partial charge in [0.15, 0.2) is 0 Å². The number of rotatable bonds is 3. The highest BCUT2D eigenvalue weighted by Crippen LogP contribution is 2.37. The van der Waals surface area contributed by atoms with Crippen molar-refractivity contribution in [2.75, 3.05) is 10.8 Å². The first kappa shape index (κ1) is 23.1. The molecule has 0 bridgehead atoms. The summed E-state index contributed by atoms with van der Waals surface area (Å²) in [6.07, 6.45) is 7.54. The maximum absolute atomic E-state index is 13.8. The van der Waals surface area contributed by atoms with Crippen molar-refractivity contribution in [1.29, 1.82) is 0 Å². The number of hydrogen-bond donors (Lipinski definition) is 0. The number of allylic oxidation sites excluding steroid dienone is 4. The summed E-state index contributed by atoms with van der Waals surface area (Å²) in [6.45, 7) is 6.46. The lowest BCUT2D eigenvalue weighted by molar-refractivity contribution is 0.593. The van der Waals surface area contributed by atoms with E-state index >= 15 is 0 Å². The molecule has 0 N–H and O–H groups in total. The minimum atomic E-state index is -3.80. The zero-order valence-electron chi connectivity index (χ0n) is 20.5. The summed E-state index contributed by atoms with van der Waals surface area (Å²) in [7, 11) is -3.80. The average molecular weight is 503 g/mol. The van der Waals surface area contributed by atoms with Crippen LogP contribution in [0.3, 0.4) is 0 Å². The Morgan fingerprint density at radius 3 is 2.11 bits per heavy atom. The molecule has 5 heteroatoms. The van der Waals surface area contributed by atoms with Crippen molar-refractivity contribution in [2.24, 2.45) is 0 Å². The number of hydrogen-bond acceptors (Lipinski definition) is 2. The molecule has 1 aromatic heterocycles. The van der Waals surface area contributed by atoms with Gasteiger partial charge in [0.1, 0.15) is 0 Å². The molecule has 6 rings (SSSR count). The SMILES string of the molecule is C=C1/C=C\C=C/CN(S(=O)(=O)c2ccc(C)cc2)c2ccc(-n3c4ccccc4c4ccccc43)cc21. The van der Waals surface area contributed by atoms with Crippen molar-refractivity contribution in [2.45, 2.75) is 11.8 Å². The summed E-state index contributed by atoms with van der Waals surface area (Å²) < 4.78 is 31.4. The molecule has 5 aromatic rings. The van der Waals surface area contributed by atoms with Crippen LogP contribution in [0.1, 0.15) is 11.1 Å². The normalized spacial score (nSPS) is 15.7. The van der Waals surface area contributed by atoms with E-state index in [9.17, 15) is 8.42 Å². The summed E-state index contributed by atoms with van der Waals surface area (Å²) in [4.78, 5) is 0.266. The van der Waals surface area contributed by atoms with Gasteiger partial charge in [0.2, 0.25) is 0 Å². The molecule has 1 aliphatic heterocycles. The van der Waals surface area contributed by atoms with Crippen LogP contribution in [-0.4, -0.2) is 19.5 Å². The van der Waals surface area contributed by atoms with E-state index in [1.165, 1.54) is 15.1 Å². The minimum absolute atomic E-state index is 0.218. The van der Waals surface area contributed by atoms with E-state index in [1.807, 2.05) is 73.7 Å². The Morgan fingerprint density at radius 1 is 0.784 bits per heavy atom. The largest absolute Gasteiger partial charge is 0.309 e. The van der Waals surface area contributed by atoms with E-state index in [1.54, 1.807) is 12.1 Å². The number of aryl methyl sites for hydroxylation is 1. The Labute approximate surface area is 217 Å². The molecule has 0 saturated carbocycles. The molecule has 0 atom stereocenters. The monoisotopic (exact) mass is 502 g/mol. The van der Waals surface area contributed by atoms with Crippen LogP contribution < -0.4 is 4.31 Å². The third kappa shape index (κ3) is 3.88. The molecule has 4 nitrogen and oxygen atoms in total. The molecule has 0 spiro atoms. The highest BCUT2D eigenvalue weighted by molar-refractivity contribution is 7.92. The predicted molar refractivity (Wildman–Crippen MR) is 154 cm³/mol. The van der Waals surface area contributed by atoms with Gasteiger partial charge >= 0.3 is 0 Å². The third-order valence-corrected chi connectivity index (χ3v) is 8.65. The van der Waals surface area contributed by atoms with E-state index in [-0.39, 0.29) is 11.4 Å². The van der Waals surface area contributed by atoms with Gasteiger partial charge in [0.25, 0.3) is 10.0 Å². The number of fused-ring (bicyclic) bond motifs is 4. The van der Waals surface area contributed by atoms with E-state index < -0.39 is 10.0 Å². The molecular formula is C32H26N2O2S. The molecule has 0 fully saturated rings. The quantitative estimate of drug-likeness (QED) is 0.257. The number of aromatic nitrogens is 1. The van der Waals surface area contributed by atoms with E-state index in [0.29, 0.717) is 5.69 Å². The van der Waals surface area contributed by atoms with Crippen LogP contribution in [0.4, 0.5) is 5.69 Å². The molecule has 1 aliphatic rings. The van der Waals surface area contributed by atoms with Gasteiger partial charge < -0.3 is 4.57 Å². The molecule has 37 heavy (non-hydrogen) atoms. The van der Waals surface area contributed by atoms with Crippen molar-refractivity contribution in [3.63, 3.8) is 0 Å². The first-order chi connectivity index (χ1) is 17.9. The molecule has 182 valence electrons.